The number of benzene rings is 2. The highest BCUT2D eigenvalue weighted by atomic mass is 14.1. The molecule has 0 heterocycles. The van der Waals surface area contributed by atoms with Crippen molar-refractivity contribution in [1.82, 2.24) is 0 Å². The molecule has 0 fully saturated rings. The zero-order valence-electron chi connectivity index (χ0n) is 11.7. The summed E-state index contributed by atoms with van der Waals surface area (Å²) in [6.07, 6.45) is 0. The molecule has 0 atom stereocenters. The summed E-state index contributed by atoms with van der Waals surface area (Å²) in [6.45, 7) is 9.02. The third-order valence-corrected chi connectivity index (χ3v) is 3.39. The second-order valence-electron chi connectivity index (χ2n) is 5.44. The van der Waals surface area contributed by atoms with Gasteiger partial charge in [-0.3, -0.25) is 0 Å². The lowest BCUT2D eigenvalue weighted by molar-refractivity contribution is 0.835. The van der Waals surface area contributed by atoms with E-state index in [9.17, 15) is 0 Å². The summed E-state index contributed by atoms with van der Waals surface area (Å²) in [5.74, 6) is 1.13. The Kier molecular flexibility index (Phi) is 3.86. The minimum Gasteiger partial charge on any atom is -0.0587 e. The van der Waals surface area contributed by atoms with Gasteiger partial charge in [0.2, 0.25) is 0 Å². The van der Waals surface area contributed by atoms with Crippen molar-refractivity contribution in [2.75, 3.05) is 0 Å². The van der Waals surface area contributed by atoms with Crippen LogP contribution >= 0.6 is 0 Å². The number of hydrogen-bond donors (Lipinski definition) is 0. The van der Waals surface area contributed by atoms with E-state index in [4.69, 9.17) is 0 Å². The third kappa shape index (κ3) is 2.64. The highest BCUT2D eigenvalue weighted by molar-refractivity contribution is 5.68. The van der Waals surface area contributed by atoms with Gasteiger partial charge in [0.25, 0.3) is 0 Å². The van der Waals surface area contributed by atoms with E-state index in [0.29, 0.717) is 11.8 Å². The Morgan fingerprint density at radius 1 is 0.833 bits per heavy atom. The Morgan fingerprint density at radius 3 is 2.06 bits per heavy atom. The van der Waals surface area contributed by atoms with Crippen molar-refractivity contribution >= 4 is 0 Å². The van der Waals surface area contributed by atoms with Crippen LogP contribution in [0.1, 0.15) is 50.7 Å². The molecule has 0 nitrogen and oxygen atoms in total. The van der Waals surface area contributed by atoms with E-state index >= 15 is 0 Å². The summed E-state index contributed by atoms with van der Waals surface area (Å²) >= 11 is 0. The van der Waals surface area contributed by atoms with E-state index in [2.05, 4.69) is 64.1 Å². The first-order valence-corrected chi connectivity index (χ1v) is 6.70. The van der Waals surface area contributed by atoms with Crippen LogP contribution in [0, 0.1) is 6.07 Å². The summed E-state index contributed by atoms with van der Waals surface area (Å²) in [4.78, 5) is 0. The molecule has 0 aliphatic heterocycles. The van der Waals surface area contributed by atoms with Crippen molar-refractivity contribution in [2.45, 2.75) is 39.5 Å². The zero-order valence-corrected chi connectivity index (χ0v) is 11.7. The molecule has 0 saturated carbocycles. The fraction of sp³-hybridized carbons (Fsp3) is 0.333. The van der Waals surface area contributed by atoms with Gasteiger partial charge in [0.15, 0.2) is 0 Å². The molecule has 1 radical (unpaired) electrons. The molecule has 0 aliphatic rings. The van der Waals surface area contributed by atoms with E-state index in [-0.39, 0.29) is 0 Å². The molecule has 2 aromatic rings. The lowest BCUT2D eigenvalue weighted by Crippen LogP contribution is -1.96. The smallest absolute Gasteiger partial charge is 0.0149 e. The first-order chi connectivity index (χ1) is 8.59. The van der Waals surface area contributed by atoms with Crippen LogP contribution < -0.4 is 0 Å². The molecule has 0 unspecified atom stereocenters. The molecule has 0 aliphatic carbocycles. The van der Waals surface area contributed by atoms with E-state index in [0.717, 1.165) is 0 Å². The molecule has 0 amide bonds. The second kappa shape index (κ2) is 5.39. The highest BCUT2D eigenvalue weighted by Crippen LogP contribution is 2.31. The molecular weight excluding hydrogens is 216 g/mol. The molecule has 2 rings (SSSR count). The fourth-order valence-corrected chi connectivity index (χ4v) is 2.25. The van der Waals surface area contributed by atoms with Crippen LogP contribution in [-0.2, 0) is 0 Å². The predicted molar refractivity (Wildman–Crippen MR) is 78.9 cm³/mol. The zero-order chi connectivity index (χ0) is 13.1. The van der Waals surface area contributed by atoms with Gasteiger partial charge in [-0.1, -0.05) is 70.2 Å². The molecule has 0 spiro atoms. The third-order valence-electron chi connectivity index (χ3n) is 3.39. The van der Waals surface area contributed by atoms with Crippen LogP contribution in [0.5, 0.6) is 0 Å². The summed E-state index contributed by atoms with van der Waals surface area (Å²) in [6, 6.07) is 18.2. The second-order valence-corrected chi connectivity index (χ2v) is 5.44. The van der Waals surface area contributed by atoms with Crippen molar-refractivity contribution in [3.63, 3.8) is 0 Å². The van der Waals surface area contributed by atoms with Gasteiger partial charge in [-0.15, -0.1) is 0 Å². The Morgan fingerprint density at radius 2 is 1.50 bits per heavy atom. The monoisotopic (exact) mass is 237 g/mol. The summed E-state index contributed by atoms with van der Waals surface area (Å²) in [7, 11) is 0. The normalized spacial score (nSPS) is 11.2. The van der Waals surface area contributed by atoms with Gasteiger partial charge in [-0.25, -0.2) is 0 Å². The first kappa shape index (κ1) is 12.9. The van der Waals surface area contributed by atoms with E-state index in [1.807, 2.05) is 12.1 Å². The van der Waals surface area contributed by atoms with Crippen molar-refractivity contribution in [1.29, 1.82) is 0 Å². The quantitative estimate of drug-likeness (QED) is 0.670. The summed E-state index contributed by atoms with van der Waals surface area (Å²) in [5.41, 5.74) is 5.49. The topological polar surface area (TPSA) is 0 Å². The van der Waals surface area contributed by atoms with Crippen LogP contribution in [0.15, 0.2) is 42.5 Å². The Labute approximate surface area is 111 Å². The molecule has 0 aromatic heterocycles. The SMILES string of the molecule is CC(C)c1ccc(-c2cc[c]cc2)c(C(C)C)c1. The Hall–Kier alpha value is -1.56. The largest absolute Gasteiger partial charge is 0.0587 e. The van der Waals surface area contributed by atoms with E-state index in [1.165, 1.54) is 22.3 Å². The highest BCUT2D eigenvalue weighted by Gasteiger charge is 2.10. The van der Waals surface area contributed by atoms with Crippen molar-refractivity contribution in [3.05, 3.63) is 59.7 Å². The van der Waals surface area contributed by atoms with Gasteiger partial charge in [-0.2, -0.15) is 0 Å². The summed E-state index contributed by atoms with van der Waals surface area (Å²) in [5, 5.41) is 0. The van der Waals surface area contributed by atoms with Crippen LogP contribution in [0.2, 0.25) is 0 Å². The van der Waals surface area contributed by atoms with Gasteiger partial charge >= 0.3 is 0 Å². The van der Waals surface area contributed by atoms with Crippen LogP contribution in [-0.4, -0.2) is 0 Å². The minimum absolute atomic E-state index is 0.544. The minimum atomic E-state index is 0.544. The molecule has 0 heteroatoms. The molecule has 93 valence electrons. The fourth-order valence-electron chi connectivity index (χ4n) is 2.25. The van der Waals surface area contributed by atoms with Gasteiger partial charge in [-0.05, 0) is 40.2 Å². The van der Waals surface area contributed by atoms with Gasteiger partial charge in [0, 0.05) is 0 Å². The standard InChI is InChI=1S/C18H21/c1-13(2)16-10-11-17(18(12-16)14(3)4)15-8-6-5-7-9-15/h6-14H,1-4H3. The van der Waals surface area contributed by atoms with Crippen molar-refractivity contribution in [3.8, 4) is 11.1 Å². The number of rotatable bonds is 3. The van der Waals surface area contributed by atoms with Gasteiger partial charge in [0.1, 0.15) is 0 Å². The predicted octanol–water partition coefficient (Wildman–Crippen LogP) is 5.40. The average Bonchev–Trinajstić information content (AvgIpc) is 2.39. The maximum atomic E-state index is 3.08. The molecule has 0 N–H and O–H groups in total. The van der Waals surface area contributed by atoms with Gasteiger partial charge < -0.3 is 0 Å². The molecular formula is C18H21. The average molecular weight is 237 g/mol. The van der Waals surface area contributed by atoms with Crippen molar-refractivity contribution < 1.29 is 0 Å². The summed E-state index contributed by atoms with van der Waals surface area (Å²) < 4.78 is 0. The number of hydrogen-bond acceptors (Lipinski definition) is 0. The maximum absolute atomic E-state index is 3.08. The van der Waals surface area contributed by atoms with Crippen LogP contribution in [0.4, 0.5) is 0 Å². The molecule has 2 aromatic carbocycles. The van der Waals surface area contributed by atoms with Crippen LogP contribution in [0.25, 0.3) is 11.1 Å². The van der Waals surface area contributed by atoms with Crippen LogP contribution in [0.3, 0.4) is 0 Å². The first-order valence-electron chi connectivity index (χ1n) is 6.70. The van der Waals surface area contributed by atoms with Gasteiger partial charge in [0.05, 0.1) is 0 Å². The Balaban J connectivity index is 2.54. The lowest BCUT2D eigenvalue weighted by Gasteiger charge is -2.16. The Bertz CT molecular complexity index is 507. The molecule has 0 saturated heterocycles. The maximum Gasteiger partial charge on any atom is -0.0149 e. The van der Waals surface area contributed by atoms with E-state index in [1.54, 1.807) is 0 Å². The lowest BCUT2D eigenvalue weighted by atomic mass is 9.88. The van der Waals surface area contributed by atoms with Crippen molar-refractivity contribution in [2.24, 2.45) is 0 Å². The molecule has 18 heavy (non-hydrogen) atoms. The van der Waals surface area contributed by atoms with E-state index < -0.39 is 0 Å². The molecule has 0 bridgehead atoms.